The summed E-state index contributed by atoms with van der Waals surface area (Å²) in [4.78, 5) is 0. The zero-order valence-electron chi connectivity index (χ0n) is 12.0. The molecular formula is C14H27N3. The lowest BCUT2D eigenvalue weighted by Gasteiger charge is -2.34. The van der Waals surface area contributed by atoms with Gasteiger partial charge in [0.15, 0.2) is 0 Å². The van der Waals surface area contributed by atoms with E-state index in [2.05, 4.69) is 44.2 Å². The summed E-state index contributed by atoms with van der Waals surface area (Å²) in [6.45, 7) is 10.2. The Morgan fingerprint density at radius 1 is 1.41 bits per heavy atom. The molecule has 0 aliphatic carbocycles. The molecule has 0 amide bonds. The molecule has 0 radical (unpaired) electrons. The van der Waals surface area contributed by atoms with E-state index in [9.17, 15) is 0 Å². The smallest absolute Gasteiger partial charge is 0.0640 e. The number of nitrogens with one attached hydrogen (secondary N) is 1. The summed E-state index contributed by atoms with van der Waals surface area (Å²) in [7, 11) is 1.98. The van der Waals surface area contributed by atoms with E-state index in [1.165, 1.54) is 18.5 Å². The summed E-state index contributed by atoms with van der Waals surface area (Å²) in [6.07, 6.45) is 5.40. The molecular weight excluding hydrogens is 210 g/mol. The van der Waals surface area contributed by atoms with Crippen LogP contribution in [0.2, 0.25) is 0 Å². The van der Waals surface area contributed by atoms with Crippen molar-refractivity contribution in [3.05, 3.63) is 18.0 Å². The van der Waals surface area contributed by atoms with Crippen LogP contribution in [0.25, 0.3) is 0 Å². The van der Waals surface area contributed by atoms with Gasteiger partial charge in [-0.3, -0.25) is 4.68 Å². The van der Waals surface area contributed by atoms with Gasteiger partial charge < -0.3 is 5.32 Å². The molecule has 17 heavy (non-hydrogen) atoms. The Balaban J connectivity index is 2.69. The van der Waals surface area contributed by atoms with Gasteiger partial charge in [-0.25, -0.2) is 0 Å². The number of aryl methyl sites for hydroxylation is 1. The Morgan fingerprint density at radius 3 is 2.59 bits per heavy atom. The monoisotopic (exact) mass is 237 g/mol. The maximum atomic E-state index is 4.48. The van der Waals surface area contributed by atoms with Crippen LogP contribution in [-0.4, -0.2) is 22.4 Å². The molecule has 1 heterocycles. The highest BCUT2D eigenvalue weighted by molar-refractivity contribution is 5.03. The summed E-state index contributed by atoms with van der Waals surface area (Å²) in [6, 6.07) is 2.62. The number of hydrogen-bond donors (Lipinski definition) is 1. The predicted octanol–water partition coefficient (Wildman–Crippen LogP) is 2.77. The molecule has 0 fully saturated rings. The van der Waals surface area contributed by atoms with Crippen LogP contribution in [0, 0.1) is 5.41 Å². The summed E-state index contributed by atoms with van der Waals surface area (Å²) >= 11 is 0. The van der Waals surface area contributed by atoms with Gasteiger partial charge in [0, 0.05) is 25.7 Å². The van der Waals surface area contributed by atoms with Gasteiger partial charge in [-0.15, -0.1) is 0 Å². The Kier molecular flexibility index (Phi) is 5.19. The quantitative estimate of drug-likeness (QED) is 0.790. The number of hydrogen-bond acceptors (Lipinski definition) is 2. The van der Waals surface area contributed by atoms with Gasteiger partial charge in [-0.05, 0) is 30.9 Å². The fourth-order valence-electron chi connectivity index (χ4n) is 1.97. The van der Waals surface area contributed by atoms with Gasteiger partial charge in [0.1, 0.15) is 0 Å². The Morgan fingerprint density at radius 2 is 2.12 bits per heavy atom. The third kappa shape index (κ3) is 4.15. The third-order valence-electron chi connectivity index (χ3n) is 3.68. The van der Waals surface area contributed by atoms with E-state index in [4.69, 9.17) is 0 Å². The van der Waals surface area contributed by atoms with Crippen molar-refractivity contribution >= 4 is 0 Å². The SMILES string of the molecule is CCCNC(Cc1ccn(C)n1)C(C)(C)CC. The van der Waals surface area contributed by atoms with Crippen LogP contribution in [0.5, 0.6) is 0 Å². The molecule has 1 atom stereocenters. The lowest BCUT2D eigenvalue weighted by Crippen LogP contribution is -2.43. The van der Waals surface area contributed by atoms with Crippen molar-refractivity contribution in [3.8, 4) is 0 Å². The van der Waals surface area contributed by atoms with Gasteiger partial charge in [-0.2, -0.15) is 5.10 Å². The molecule has 0 spiro atoms. The number of rotatable bonds is 7. The van der Waals surface area contributed by atoms with Crippen LogP contribution in [0.1, 0.15) is 46.2 Å². The second kappa shape index (κ2) is 6.20. The lowest BCUT2D eigenvalue weighted by molar-refractivity contribution is 0.229. The van der Waals surface area contributed by atoms with Crippen LogP contribution in [0.3, 0.4) is 0 Å². The minimum atomic E-state index is 0.312. The highest BCUT2D eigenvalue weighted by Gasteiger charge is 2.27. The molecule has 3 nitrogen and oxygen atoms in total. The van der Waals surface area contributed by atoms with Gasteiger partial charge in [-0.1, -0.05) is 27.7 Å². The summed E-state index contributed by atoms with van der Waals surface area (Å²) < 4.78 is 1.88. The van der Waals surface area contributed by atoms with Gasteiger partial charge in [0.25, 0.3) is 0 Å². The van der Waals surface area contributed by atoms with E-state index in [0.717, 1.165) is 13.0 Å². The summed E-state index contributed by atoms with van der Waals surface area (Å²) in [5.74, 6) is 0. The van der Waals surface area contributed by atoms with Crippen LogP contribution in [0.15, 0.2) is 12.3 Å². The molecule has 1 unspecified atom stereocenters. The number of nitrogens with zero attached hydrogens (tertiary/aromatic N) is 2. The van der Waals surface area contributed by atoms with E-state index in [1.54, 1.807) is 0 Å². The zero-order chi connectivity index (χ0) is 12.9. The molecule has 3 heteroatoms. The molecule has 0 aromatic carbocycles. The van der Waals surface area contributed by atoms with Crippen molar-refractivity contribution in [2.75, 3.05) is 6.54 Å². The highest BCUT2D eigenvalue weighted by atomic mass is 15.2. The molecule has 0 bridgehead atoms. The van der Waals surface area contributed by atoms with Gasteiger partial charge in [0.05, 0.1) is 5.69 Å². The average molecular weight is 237 g/mol. The van der Waals surface area contributed by atoms with Crippen LogP contribution in [0.4, 0.5) is 0 Å². The van der Waals surface area contributed by atoms with E-state index < -0.39 is 0 Å². The summed E-state index contributed by atoms with van der Waals surface area (Å²) in [5, 5.41) is 8.15. The van der Waals surface area contributed by atoms with Crippen LogP contribution in [-0.2, 0) is 13.5 Å². The molecule has 98 valence electrons. The average Bonchev–Trinajstić information content (AvgIpc) is 2.70. The Labute approximate surface area is 106 Å². The largest absolute Gasteiger partial charge is 0.313 e. The first-order valence-electron chi connectivity index (χ1n) is 6.71. The fourth-order valence-corrected chi connectivity index (χ4v) is 1.97. The van der Waals surface area contributed by atoms with Gasteiger partial charge >= 0.3 is 0 Å². The first-order chi connectivity index (χ1) is 7.99. The van der Waals surface area contributed by atoms with E-state index in [0.29, 0.717) is 11.5 Å². The molecule has 0 aliphatic rings. The molecule has 1 aromatic heterocycles. The first-order valence-corrected chi connectivity index (χ1v) is 6.71. The fraction of sp³-hybridized carbons (Fsp3) is 0.786. The molecule has 0 saturated carbocycles. The predicted molar refractivity (Wildman–Crippen MR) is 73.1 cm³/mol. The van der Waals surface area contributed by atoms with Gasteiger partial charge in [0.2, 0.25) is 0 Å². The Bertz CT molecular complexity index is 328. The molecule has 1 N–H and O–H groups in total. The molecule has 1 aromatic rings. The van der Waals surface area contributed by atoms with Crippen molar-refractivity contribution in [1.82, 2.24) is 15.1 Å². The molecule has 0 aliphatic heterocycles. The molecule has 0 saturated heterocycles. The third-order valence-corrected chi connectivity index (χ3v) is 3.68. The maximum Gasteiger partial charge on any atom is 0.0640 e. The standard InChI is InChI=1S/C14H27N3/c1-6-9-15-13(14(3,4)7-2)11-12-8-10-17(5)16-12/h8,10,13,15H,6-7,9,11H2,1-5H3. The molecule has 1 rings (SSSR count). The van der Waals surface area contributed by atoms with E-state index in [-0.39, 0.29) is 0 Å². The summed E-state index contributed by atoms with van der Waals surface area (Å²) in [5.41, 5.74) is 1.50. The zero-order valence-corrected chi connectivity index (χ0v) is 12.0. The van der Waals surface area contributed by atoms with Crippen molar-refractivity contribution in [2.24, 2.45) is 12.5 Å². The number of aromatic nitrogens is 2. The van der Waals surface area contributed by atoms with Crippen LogP contribution >= 0.6 is 0 Å². The normalized spacial score (nSPS) is 13.9. The van der Waals surface area contributed by atoms with Crippen molar-refractivity contribution in [3.63, 3.8) is 0 Å². The highest BCUT2D eigenvalue weighted by Crippen LogP contribution is 2.27. The lowest BCUT2D eigenvalue weighted by atomic mass is 9.79. The maximum absolute atomic E-state index is 4.48. The Hall–Kier alpha value is -0.830. The second-order valence-electron chi connectivity index (χ2n) is 5.53. The second-order valence-corrected chi connectivity index (χ2v) is 5.53. The van der Waals surface area contributed by atoms with E-state index in [1.807, 2.05) is 17.9 Å². The topological polar surface area (TPSA) is 29.9 Å². The minimum Gasteiger partial charge on any atom is -0.313 e. The minimum absolute atomic E-state index is 0.312. The van der Waals surface area contributed by atoms with Crippen LogP contribution < -0.4 is 5.32 Å². The van der Waals surface area contributed by atoms with Crippen molar-refractivity contribution < 1.29 is 0 Å². The van der Waals surface area contributed by atoms with E-state index >= 15 is 0 Å². The van der Waals surface area contributed by atoms with Crippen molar-refractivity contribution in [2.45, 2.75) is 53.0 Å². The van der Waals surface area contributed by atoms with Crippen molar-refractivity contribution in [1.29, 1.82) is 0 Å². The first kappa shape index (κ1) is 14.2.